The lowest BCUT2D eigenvalue weighted by molar-refractivity contribution is -0.465. The Labute approximate surface area is 214 Å². The van der Waals surface area contributed by atoms with Crippen molar-refractivity contribution >= 4 is 46.4 Å². The van der Waals surface area contributed by atoms with E-state index in [0.717, 1.165) is 0 Å². The lowest BCUT2D eigenvalue weighted by atomic mass is 9.79. The van der Waals surface area contributed by atoms with Crippen LogP contribution in [0.1, 0.15) is 22.6 Å². The molecule has 0 aromatic heterocycles. The van der Waals surface area contributed by atoms with E-state index in [1.54, 1.807) is 0 Å². The molecule has 1 aliphatic carbocycles. The summed E-state index contributed by atoms with van der Waals surface area (Å²) in [5, 5.41) is 6.80. The Bertz CT molecular complexity index is 1560. The van der Waals surface area contributed by atoms with Crippen molar-refractivity contribution in [1.29, 1.82) is 0 Å². The number of allylic oxidation sites excluding steroid dienone is 1. The first kappa shape index (κ1) is 22.7. The molecule has 6 rings (SSSR count). The summed E-state index contributed by atoms with van der Waals surface area (Å²) >= 11 is 0. The normalized spacial score (nSPS) is 14.8. The van der Waals surface area contributed by atoms with E-state index in [2.05, 4.69) is 152 Å². The third-order valence-electron chi connectivity index (χ3n) is 7.06. The molecule has 0 bridgehead atoms. The number of nitrogens with zero attached hydrogens (tertiary/aromatic N) is 1. The van der Waals surface area contributed by atoms with E-state index >= 15 is 0 Å². The van der Waals surface area contributed by atoms with Crippen LogP contribution in [0.25, 0.3) is 16.8 Å². The van der Waals surface area contributed by atoms with Gasteiger partial charge in [-0.25, -0.2) is 4.58 Å². The molecule has 5 aromatic carbocycles. The Balaban J connectivity index is 1.72. The van der Waals surface area contributed by atoms with E-state index in [1.165, 1.54) is 49.1 Å². The highest BCUT2D eigenvalue weighted by atomic mass is 31.1. The number of hydrogen-bond donors (Lipinski definition) is 0. The first-order valence-corrected chi connectivity index (χ1v) is 13.8. The minimum Gasteiger partial charge on any atom is -0.238 e. The van der Waals surface area contributed by atoms with Gasteiger partial charge in [0.1, 0.15) is 14.1 Å². The summed E-state index contributed by atoms with van der Waals surface area (Å²) in [4.78, 5) is 0. The standard InChI is InChI=1S/C34H29NP/c1-35(2)31-23-21-25-13-9-11-19-29(25)33(31)34-30-20-12-10-14-26(30)22-24-32(34)36(27-15-5-3-6-16-27)28-17-7-4-8-18-28/h3-24,33H,1-2H3/q+1. The van der Waals surface area contributed by atoms with Gasteiger partial charge in [0, 0.05) is 6.08 Å². The van der Waals surface area contributed by atoms with Crippen molar-refractivity contribution < 1.29 is 4.58 Å². The van der Waals surface area contributed by atoms with Crippen LogP contribution in [0.4, 0.5) is 0 Å². The highest BCUT2D eigenvalue weighted by molar-refractivity contribution is 7.80. The van der Waals surface area contributed by atoms with Crippen molar-refractivity contribution in [3.8, 4) is 0 Å². The second-order valence-corrected chi connectivity index (χ2v) is 11.6. The van der Waals surface area contributed by atoms with Gasteiger partial charge in [0.05, 0.1) is 5.92 Å². The van der Waals surface area contributed by atoms with Gasteiger partial charge in [-0.2, -0.15) is 0 Å². The lowest BCUT2D eigenvalue weighted by Gasteiger charge is -2.29. The first-order valence-electron chi connectivity index (χ1n) is 12.5. The van der Waals surface area contributed by atoms with Gasteiger partial charge < -0.3 is 0 Å². The minimum atomic E-state index is -0.748. The molecule has 0 amide bonds. The number of fused-ring (bicyclic) bond motifs is 2. The van der Waals surface area contributed by atoms with Crippen LogP contribution in [-0.4, -0.2) is 24.4 Å². The summed E-state index contributed by atoms with van der Waals surface area (Å²) in [6.45, 7) is 0. The summed E-state index contributed by atoms with van der Waals surface area (Å²) in [7, 11) is 3.59. The molecule has 174 valence electrons. The number of rotatable bonds is 4. The summed E-state index contributed by atoms with van der Waals surface area (Å²) in [5.74, 6) is 0.153. The van der Waals surface area contributed by atoms with Gasteiger partial charge in [-0.05, 0) is 57.4 Å². The topological polar surface area (TPSA) is 3.01 Å². The predicted molar refractivity (Wildman–Crippen MR) is 157 cm³/mol. The van der Waals surface area contributed by atoms with Gasteiger partial charge in [0.2, 0.25) is 0 Å². The van der Waals surface area contributed by atoms with Crippen molar-refractivity contribution in [1.82, 2.24) is 0 Å². The molecule has 2 heteroatoms. The van der Waals surface area contributed by atoms with E-state index in [0.29, 0.717) is 0 Å². The van der Waals surface area contributed by atoms with Gasteiger partial charge in [-0.15, -0.1) is 0 Å². The van der Waals surface area contributed by atoms with Gasteiger partial charge in [-0.1, -0.05) is 121 Å². The van der Waals surface area contributed by atoms with Crippen LogP contribution in [0.3, 0.4) is 0 Å². The summed E-state index contributed by atoms with van der Waals surface area (Å²) < 4.78 is 2.29. The molecule has 0 spiro atoms. The van der Waals surface area contributed by atoms with Crippen molar-refractivity contribution in [2.24, 2.45) is 0 Å². The van der Waals surface area contributed by atoms with E-state index in [9.17, 15) is 0 Å². The smallest absolute Gasteiger partial charge is 0.187 e. The second kappa shape index (κ2) is 9.69. The SMILES string of the molecule is C[N+](C)=C1C=Cc2ccccc2C1c1c(P(c2ccccc2)c2ccccc2)ccc2ccccc12. The fraction of sp³-hybridized carbons (Fsp3) is 0.0882. The summed E-state index contributed by atoms with van der Waals surface area (Å²) in [6.07, 6.45) is 4.58. The Morgan fingerprint density at radius 1 is 0.583 bits per heavy atom. The molecule has 0 saturated carbocycles. The van der Waals surface area contributed by atoms with Crippen molar-refractivity contribution in [2.75, 3.05) is 14.1 Å². The van der Waals surface area contributed by atoms with Crippen LogP contribution in [0.2, 0.25) is 0 Å². The molecule has 0 heterocycles. The molecule has 36 heavy (non-hydrogen) atoms. The molecule has 1 unspecified atom stereocenters. The number of hydrogen-bond acceptors (Lipinski definition) is 0. The number of benzene rings is 5. The van der Waals surface area contributed by atoms with Gasteiger partial charge in [0.25, 0.3) is 0 Å². The van der Waals surface area contributed by atoms with Crippen LogP contribution < -0.4 is 15.9 Å². The molecule has 1 atom stereocenters. The molecular formula is C34H29NP+. The third-order valence-corrected chi connectivity index (χ3v) is 9.56. The van der Waals surface area contributed by atoms with Crippen LogP contribution in [-0.2, 0) is 0 Å². The minimum absolute atomic E-state index is 0.153. The van der Waals surface area contributed by atoms with Crippen LogP contribution in [0.15, 0.2) is 127 Å². The molecule has 0 saturated heterocycles. The molecule has 0 radical (unpaired) electrons. The largest absolute Gasteiger partial charge is 0.238 e. The van der Waals surface area contributed by atoms with Crippen LogP contribution in [0, 0.1) is 0 Å². The molecule has 0 aliphatic heterocycles. The van der Waals surface area contributed by atoms with Gasteiger partial charge >= 0.3 is 0 Å². The fourth-order valence-electron chi connectivity index (χ4n) is 5.43. The van der Waals surface area contributed by atoms with Crippen LogP contribution in [0.5, 0.6) is 0 Å². The Morgan fingerprint density at radius 3 is 1.89 bits per heavy atom. The Morgan fingerprint density at radius 2 is 1.19 bits per heavy atom. The Kier molecular flexibility index (Phi) is 6.09. The molecule has 0 fully saturated rings. The van der Waals surface area contributed by atoms with E-state index in [-0.39, 0.29) is 5.92 Å². The Hall–Kier alpha value is -3.80. The highest BCUT2D eigenvalue weighted by Crippen LogP contribution is 2.42. The average Bonchev–Trinajstić information content (AvgIpc) is 2.93. The van der Waals surface area contributed by atoms with Gasteiger partial charge in [0.15, 0.2) is 5.71 Å². The van der Waals surface area contributed by atoms with Gasteiger partial charge in [-0.3, -0.25) is 0 Å². The van der Waals surface area contributed by atoms with Crippen molar-refractivity contribution in [3.05, 3.63) is 144 Å². The molecular weight excluding hydrogens is 453 g/mol. The molecule has 1 nitrogen and oxygen atoms in total. The lowest BCUT2D eigenvalue weighted by Crippen LogP contribution is -2.31. The van der Waals surface area contributed by atoms with E-state index < -0.39 is 7.92 Å². The maximum Gasteiger partial charge on any atom is 0.187 e. The van der Waals surface area contributed by atoms with Crippen molar-refractivity contribution in [2.45, 2.75) is 5.92 Å². The van der Waals surface area contributed by atoms with Crippen molar-refractivity contribution in [3.63, 3.8) is 0 Å². The fourth-order valence-corrected chi connectivity index (χ4v) is 7.94. The summed E-state index contributed by atoms with van der Waals surface area (Å²) in [6, 6.07) is 44.6. The molecule has 5 aromatic rings. The zero-order chi connectivity index (χ0) is 24.5. The zero-order valence-electron chi connectivity index (χ0n) is 20.7. The predicted octanol–water partition coefficient (Wildman–Crippen LogP) is 6.47. The summed E-state index contributed by atoms with van der Waals surface area (Å²) in [5.41, 5.74) is 5.42. The average molecular weight is 483 g/mol. The monoisotopic (exact) mass is 482 g/mol. The van der Waals surface area contributed by atoms with E-state index in [1.807, 2.05) is 0 Å². The molecule has 1 aliphatic rings. The third kappa shape index (κ3) is 4.00. The van der Waals surface area contributed by atoms with E-state index in [4.69, 9.17) is 0 Å². The maximum atomic E-state index is 2.40. The second-order valence-electron chi connectivity index (χ2n) is 9.44. The quantitative estimate of drug-likeness (QED) is 0.204. The maximum absolute atomic E-state index is 2.40. The molecule has 0 N–H and O–H groups in total. The zero-order valence-corrected chi connectivity index (χ0v) is 21.6. The van der Waals surface area contributed by atoms with Crippen LogP contribution >= 0.6 is 7.92 Å². The highest BCUT2D eigenvalue weighted by Gasteiger charge is 2.34. The first-order chi connectivity index (χ1) is 17.7.